The van der Waals surface area contributed by atoms with Crippen molar-refractivity contribution < 1.29 is 17.9 Å². The van der Waals surface area contributed by atoms with E-state index in [9.17, 15) is 13.2 Å². The van der Waals surface area contributed by atoms with Gasteiger partial charge in [0.05, 0.1) is 17.7 Å². The molecule has 5 nitrogen and oxygen atoms in total. The average Bonchev–Trinajstić information content (AvgIpc) is 2.17. The number of amides is 1. The second-order valence-electron chi connectivity index (χ2n) is 3.48. The van der Waals surface area contributed by atoms with Gasteiger partial charge in [0.15, 0.2) is 0 Å². The molecule has 0 bridgehead atoms. The van der Waals surface area contributed by atoms with Crippen molar-refractivity contribution >= 4 is 27.7 Å². The number of carbonyl (C=O) groups is 1. The van der Waals surface area contributed by atoms with E-state index in [0.29, 0.717) is 12.8 Å². The lowest BCUT2D eigenvalue weighted by Crippen LogP contribution is -2.43. The Morgan fingerprint density at radius 2 is 2.00 bits per heavy atom. The van der Waals surface area contributed by atoms with E-state index in [4.69, 9.17) is 11.6 Å². The summed E-state index contributed by atoms with van der Waals surface area (Å²) in [5, 5.41) is -1.13. The zero-order chi connectivity index (χ0) is 11.5. The largest absolute Gasteiger partial charge is 0.452 e. The van der Waals surface area contributed by atoms with E-state index in [-0.39, 0.29) is 0 Å². The fourth-order valence-corrected chi connectivity index (χ4v) is 3.79. The monoisotopic (exact) mass is 255 g/mol. The Kier molecular flexibility index (Phi) is 4.21. The van der Waals surface area contributed by atoms with Crippen LogP contribution >= 0.6 is 11.6 Å². The van der Waals surface area contributed by atoms with E-state index < -0.39 is 26.7 Å². The topological polar surface area (TPSA) is 72.5 Å². The maximum absolute atomic E-state index is 11.7. The summed E-state index contributed by atoms with van der Waals surface area (Å²) in [7, 11) is -2.59. The standard InChI is InChI=1S/C8H14ClNO4S/c1-14-8(11)10-15(12,13)7-5-3-2-4-6(7)9/h6-7H,2-5H2,1H3,(H,10,11). The van der Waals surface area contributed by atoms with Crippen LogP contribution in [0.5, 0.6) is 0 Å². The molecular formula is C8H14ClNO4S. The van der Waals surface area contributed by atoms with Crippen LogP contribution in [0.4, 0.5) is 4.79 Å². The van der Waals surface area contributed by atoms with Crippen molar-refractivity contribution in [3.8, 4) is 0 Å². The first kappa shape index (κ1) is 12.6. The number of halogens is 1. The molecule has 1 rings (SSSR count). The third-order valence-corrected chi connectivity index (χ3v) is 4.92. The number of rotatable bonds is 2. The van der Waals surface area contributed by atoms with Crippen LogP contribution in [0.3, 0.4) is 0 Å². The van der Waals surface area contributed by atoms with Crippen LogP contribution in [-0.2, 0) is 14.8 Å². The highest BCUT2D eigenvalue weighted by atomic mass is 35.5. The van der Waals surface area contributed by atoms with Gasteiger partial charge in [-0.3, -0.25) is 0 Å². The van der Waals surface area contributed by atoms with Gasteiger partial charge in [-0.05, 0) is 12.8 Å². The summed E-state index contributed by atoms with van der Waals surface area (Å²) in [5.74, 6) is 0. The highest BCUT2D eigenvalue weighted by Gasteiger charge is 2.35. The number of ether oxygens (including phenoxy) is 1. The van der Waals surface area contributed by atoms with E-state index in [1.54, 1.807) is 0 Å². The molecule has 0 heterocycles. The second kappa shape index (κ2) is 5.03. The van der Waals surface area contributed by atoms with E-state index in [0.717, 1.165) is 20.0 Å². The first-order valence-corrected chi connectivity index (χ1v) is 6.69. The van der Waals surface area contributed by atoms with Gasteiger partial charge in [-0.25, -0.2) is 17.9 Å². The first-order valence-electron chi connectivity index (χ1n) is 4.71. The highest BCUT2D eigenvalue weighted by molar-refractivity contribution is 7.90. The lowest BCUT2D eigenvalue weighted by Gasteiger charge is -2.26. The molecule has 7 heteroatoms. The Hall–Kier alpha value is -0.490. The van der Waals surface area contributed by atoms with Gasteiger partial charge in [-0.2, -0.15) is 0 Å². The summed E-state index contributed by atoms with van der Waals surface area (Å²) in [6.07, 6.45) is 1.92. The number of sulfonamides is 1. The molecule has 1 amide bonds. The molecule has 0 aromatic heterocycles. The summed E-state index contributed by atoms with van der Waals surface area (Å²) in [6.45, 7) is 0. The lowest BCUT2D eigenvalue weighted by molar-refractivity contribution is 0.177. The zero-order valence-corrected chi connectivity index (χ0v) is 9.97. The number of nitrogens with one attached hydrogen (secondary N) is 1. The normalized spacial score (nSPS) is 27.1. The van der Waals surface area contributed by atoms with Crippen LogP contribution in [0.25, 0.3) is 0 Å². The smallest absolute Gasteiger partial charge is 0.420 e. The predicted molar refractivity (Wildman–Crippen MR) is 56.4 cm³/mol. The molecule has 1 saturated carbocycles. The molecule has 0 aromatic rings. The van der Waals surface area contributed by atoms with Crippen molar-refractivity contribution in [3.63, 3.8) is 0 Å². The third kappa shape index (κ3) is 3.24. The molecule has 15 heavy (non-hydrogen) atoms. The minimum Gasteiger partial charge on any atom is -0.452 e. The second-order valence-corrected chi connectivity index (χ2v) is 5.94. The van der Waals surface area contributed by atoms with Crippen LogP contribution in [0.15, 0.2) is 0 Å². The van der Waals surface area contributed by atoms with E-state index >= 15 is 0 Å². The van der Waals surface area contributed by atoms with Crippen molar-refractivity contribution in [3.05, 3.63) is 0 Å². The Balaban J connectivity index is 2.71. The Bertz CT molecular complexity index is 330. The molecular weight excluding hydrogens is 242 g/mol. The van der Waals surface area contributed by atoms with Gasteiger partial charge >= 0.3 is 6.09 Å². The molecule has 2 unspecified atom stereocenters. The quantitative estimate of drug-likeness (QED) is 0.753. The van der Waals surface area contributed by atoms with E-state index in [1.165, 1.54) is 0 Å². The molecule has 2 atom stereocenters. The molecule has 88 valence electrons. The van der Waals surface area contributed by atoms with Crippen molar-refractivity contribution in [2.45, 2.75) is 36.3 Å². The summed E-state index contributed by atoms with van der Waals surface area (Å²) < 4.78 is 29.4. The molecule has 1 aliphatic carbocycles. The Morgan fingerprint density at radius 3 is 2.53 bits per heavy atom. The number of hydrogen-bond donors (Lipinski definition) is 1. The Labute approximate surface area is 94.2 Å². The molecule has 0 spiro atoms. The fraction of sp³-hybridized carbons (Fsp3) is 0.875. The van der Waals surface area contributed by atoms with Gasteiger partial charge in [0.2, 0.25) is 10.0 Å². The summed E-state index contributed by atoms with van der Waals surface area (Å²) >= 11 is 5.92. The zero-order valence-electron chi connectivity index (χ0n) is 8.40. The Morgan fingerprint density at radius 1 is 1.40 bits per heavy atom. The molecule has 0 radical (unpaired) electrons. The number of carbonyl (C=O) groups excluding carboxylic acids is 1. The maximum Gasteiger partial charge on any atom is 0.420 e. The maximum atomic E-state index is 11.7. The lowest BCUT2D eigenvalue weighted by atomic mass is 10.00. The molecule has 1 N–H and O–H groups in total. The molecule has 0 saturated heterocycles. The van der Waals surface area contributed by atoms with Crippen LogP contribution < -0.4 is 4.72 Å². The first-order chi connectivity index (χ1) is 6.97. The summed E-state index contributed by atoms with van der Waals surface area (Å²) in [4.78, 5) is 10.8. The van der Waals surface area contributed by atoms with Gasteiger partial charge in [0, 0.05) is 0 Å². The third-order valence-electron chi connectivity index (χ3n) is 2.43. The minimum atomic E-state index is -3.70. The summed E-state index contributed by atoms with van der Waals surface area (Å²) in [5.41, 5.74) is 0. The molecule has 1 fully saturated rings. The predicted octanol–water partition coefficient (Wildman–Crippen LogP) is 1.22. The average molecular weight is 256 g/mol. The number of hydrogen-bond acceptors (Lipinski definition) is 4. The van der Waals surface area contributed by atoms with Gasteiger partial charge in [-0.1, -0.05) is 12.8 Å². The van der Waals surface area contributed by atoms with Crippen LogP contribution in [0.1, 0.15) is 25.7 Å². The van der Waals surface area contributed by atoms with Gasteiger partial charge in [0.1, 0.15) is 0 Å². The van der Waals surface area contributed by atoms with Gasteiger partial charge < -0.3 is 4.74 Å². The molecule has 1 aliphatic rings. The number of methoxy groups -OCH3 is 1. The van der Waals surface area contributed by atoms with E-state index in [1.807, 2.05) is 4.72 Å². The van der Waals surface area contributed by atoms with Crippen molar-refractivity contribution in [1.82, 2.24) is 4.72 Å². The molecule has 0 aromatic carbocycles. The van der Waals surface area contributed by atoms with Crippen LogP contribution in [0.2, 0.25) is 0 Å². The number of alkyl halides is 1. The van der Waals surface area contributed by atoms with Gasteiger partial charge in [0.25, 0.3) is 0 Å². The van der Waals surface area contributed by atoms with Crippen LogP contribution in [-0.4, -0.2) is 32.2 Å². The van der Waals surface area contributed by atoms with Crippen molar-refractivity contribution in [2.75, 3.05) is 7.11 Å². The van der Waals surface area contributed by atoms with E-state index in [2.05, 4.69) is 4.74 Å². The molecule has 0 aliphatic heterocycles. The highest BCUT2D eigenvalue weighted by Crippen LogP contribution is 2.27. The van der Waals surface area contributed by atoms with Crippen LogP contribution in [0, 0.1) is 0 Å². The van der Waals surface area contributed by atoms with Crippen molar-refractivity contribution in [2.24, 2.45) is 0 Å². The SMILES string of the molecule is COC(=O)NS(=O)(=O)C1CCCCC1Cl. The fourth-order valence-electron chi connectivity index (χ4n) is 1.63. The van der Waals surface area contributed by atoms with Crippen molar-refractivity contribution in [1.29, 1.82) is 0 Å². The summed E-state index contributed by atoms with van der Waals surface area (Å²) in [6, 6.07) is 0. The minimum absolute atomic E-state index is 0.430. The van der Waals surface area contributed by atoms with Gasteiger partial charge in [-0.15, -0.1) is 11.6 Å².